The quantitative estimate of drug-likeness (QED) is 0.144. The minimum absolute atomic E-state index is 0.204. The highest BCUT2D eigenvalue weighted by Crippen LogP contribution is 2.27. The van der Waals surface area contributed by atoms with Gasteiger partial charge in [0, 0.05) is 17.5 Å². The average Bonchev–Trinajstić information content (AvgIpc) is 3.30. The molecule has 1 amide bonds. The van der Waals surface area contributed by atoms with Crippen LogP contribution in [-0.2, 0) is 4.79 Å². The van der Waals surface area contributed by atoms with Crippen LogP contribution in [0, 0.1) is 0 Å². The van der Waals surface area contributed by atoms with E-state index < -0.39 is 0 Å². The second kappa shape index (κ2) is 12.8. The van der Waals surface area contributed by atoms with Gasteiger partial charge in [-0.05, 0) is 31.2 Å². The van der Waals surface area contributed by atoms with Crippen molar-refractivity contribution in [1.82, 2.24) is 20.6 Å². The number of aromatic amines is 1. The van der Waals surface area contributed by atoms with Gasteiger partial charge in [-0.1, -0.05) is 94.7 Å². The molecule has 0 fully saturated rings. The van der Waals surface area contributed by atoms with E-state index in [0.717, 1.165) is 65.4 Å². The number of rotatable bonds is 13. The van der Waals surface area contributed by atoms with Crippen molar-refractivity contribution >= 4 is 27.7 Å². The van der Waals surface area contributed by atoms with E-state index in [1.807, 2.05) is 25.1 Å². The van der Waals surface area contributed by atoms with E-state index in [1.54, 1.807) is 0 Å². The van der Waals surface area contributed by atoms with E-state index >= 15 is 0 Å². The first-order chi connectivity index (χ1) is 16.6. The Morgan fingerprint density at radius 2 is 1.94 bits per heavy atom. The summed E-state index contributed by atoms with van der Waals surface area (Å²) in [6.07, 6.45) is 13.3. The Balaban J connectivity index is 1.79. The fourth-order valence-electron chi connectivity index (χ4n) is 4.09. The van der Waals surface area contributed by atoms with Crippen LogP contribution in [0.2, 0.25) is 0 Å². The SMILES string of the molecule is C=C(N/C(=C/C)C/C=C\CC)C(=O)NC(CCCCCC)c1nc2c(ccc3ccccc32)[nH]1. The van der Waals surface area contributed by atoms with E-state index in [0.29, 0.717) is 5.70 Å². The third kappa shape index (κ3) is 6.60. The standard InChI is InChI=1S/C29H38N4O/c1-5-8-10-12-18-26(32-29(34)21(4)30-23(7-3)16-11-9-6-2)28-31-25-20-19-22-15-13-14-17-24(22)27(25)33-28/h7,9,11,13-15,17,19-20,26,30H,4-6,8,10,12,16,18H2,1-3H3,(H,31,33)(H,32,34)/b11-9-,23-7+. The molecule has 0 radical (unpaired) electrons. The molecule has 5 heteroatoms. The predicted octanol–water partition coefficient (Wildman–Crippen LogP) is 7.21. The third-order valence-electron chi connectivity index (χ3n) is 6.05. The highest BCUT2D eigenvalue weighted by molar-refractivity contribution is 6.04. The van der Waals surface area contributed by atoms with E-state index in [-0.39, 0.29) is 11.9 Å². The van der Waals surface area contributed by atoms with Crippen molar-refractivity contribution in [2.45, 2.75) is 71.8 Å². The second-order valence-corrected chi connectivity index (χ2v) is 8.68. The maximum absolute atomic E-state index is 13.1. The molecule has 34 heavy (non-hydrogen) atoms. The van der Waals surface area contributed by atoms with Crippen molar-refractivity contribution in [3.8, 4) is 0 Å². The summed E-state index contributed by atoms with van der Waals surface area (Å²) in [4.78, 5) is 21.5. The van der Waals surface area contributed by atoms with Gasteiger partial charge in [-0.3, -0.25) is 4.79 Å². The summed E-state index contributed by atoms with van der Waals surface area (Å²) in [7, 11) is 0. The molecule has 5 nitrogen and oxygen atoms in total. The number of H-pyrrole nitrogens is 1. The van der Waals surface area contributed by atoms with Crippen LogP contribution in [0.15, 0.2) is 72.6 Å². The van der Waals surface area contributed by atoms with Gasteiger partial charge in [-0.2, -0.15) is 0 Å². The van der Waals surface area contributed by atoms with Gasteiger partial charge in [0.05, 0.1) is 22.8 Å². The van der Waals surface area contributed by atoms with Crippen LogP contribution >= 0.6 is 0 Å². The Bertz CT molecular complexity index is 1170. The number of hydrogen-bond acceptors (Lipinski definition) is 3. The van der Waals surface area contributed by atoms with E-state index in [1.165, 1.54) is 12.8 Å². The van der Waals surface area contributed by atoms with Crippen molar-refractivity contribution in [3.63, 3.8) is 0 Å². The molecule has 0 saturated heterocycles. The van der Waals surface area contributed by atoms with Crippen molar-refractivity contribution in [1.29, 1.82) is 0 Å². The number of nitrogens with zero attached hydrogens (tertiary/aromatic N) is 1. The van der Waals surface area contributed by atoms with Gasteiger partial charge in [0.25, 0.3) is 5.91 Å². The highest BCUT2D eigenvalue weighted by Gasteiger charge is 2.20. The largest absolute Gasteiger partial charge is 0.355 e. The number of amides is 1. The molecule has 1 aromatic heterocycles. The summed E-state index contributed by atoms with van der Waals surface area (Å²) in [6, 6.07) is 12.2. The van der Waals surface area contributed by atoms with E-state index in [2.05, 4.69) is 72.5 Å². The molecular weight excluding hydrogens is 420 g/mol. The molecular formula is C29H38N4O. The van der Waals surface area contributed by atoms with Gasteiger partial charge in [0.1, 0.15) is 5.82 Å². The summed E-state index contributed by atoms with van der Waals surface area (Å²) in [5.41, 5.74) is 3.23. The third-order valence-corrected chi connectivity index (χ3v) is 6.05. The predicted molar refractivity (Wildman–Crippen MR) is 143 cm³/mol. The van der Waals surface area contributed by atoms with Crippen molar-refractivity contribution in [2.24, 2.45) is 0 Å². The molecule has 0 aliphatic rings. The Hall–Kier alpha value is -3.34. The monoisotopic (exact) mass is 458 g/mol. The minimum atomic E-state index is -0.205. The Morgan fingerprint density at radius 3 is 2.71 bits per heavy atom. The van der Waals surface area contributed by atoms with Gasteiger partial charge in [0.2, 0.25) is 0 Å². The molecule has 0 aliphatic heterocycles. The fourth-order valence-corrected chi connectivity index (χ4v) is 4.09. The highest BCUT2D eigenvalue weighted by atomic mass is 16.2. The number of benzene rings is 2. The first kappa shape index (κ1) is 25.3. The summed E-state index contributed by atoms with van der Waals surface area (Å²) in [5.74, 6) is 0.589. The maximum atomic E-state index is 13.1. The first-order valence-corrected chi connectivity index (χ1v) is 12.5. The molecule has 0 aliphatic carbocycles. The molecule has 3 N–H and O–H groups in total. The zero-order valence-corrected chi connectivity index (χ0v) is 20.8. The lowest BCUT2D eigenvalue weighted by Crippen LogP contribution is -2.34. The lowest BCUT2D eigenvalue weighted by molar-refractivity contribution is -0.118. The van der Waals surface area contributed by atoms with Gasteiger partial charge in [-0.25, -0.2) is 4.98 Å². The van der Waals surface area contributed by atoms with Crippen LogP contribution in [0.4, 0.5) is 0 Å². The number of aromatic nitrogens is 2. The van der Waals surface area contributed by atoms with Crippen LogP contribution in [0.1, 0.15) is 77.6 Å². The van der Waals surface area contributed by atoms with Crippen LogP contribution < -0.4 is 10.6 Å². The van der Waals surface area contributed by atoms with E-state index in [4.69, 9.17) is 4.98 Å². The fraction of sp³-hybridized carbons (Fsp3) is 0.379. The number of fused-ring (bicyclic) bond motifs is 3. The summed E-state index contributed by atoms with van der Waals surface area (Å²) < 4.78 is 0. The number of allylic oxidation sites excluding steroid dienone is 3. The normalized spacial score (nSPS) is 13.0. The molecule has 0 bridgehead atoms. The number of nitrogens with one attached hydrogen (secondary N) is 3. The molecule has 0 spiro atoms. The number of imidazole rings is 1. The van der Waals surface area contributed by atoms with Crippen LogP contribution in [0.5, 0.6) is 0 Å². The molecule has 2 aromatic carbocycles. The zero-order chi connectivity index (χ0) is 24.3. The molecule has 1 heterocycles. The van der Waals surface area contributed by atoms with Crippen molar-refractivity contribution in [2.75, 3.05) is 0 Å². The van der Waals surface area contributed by atoms with Gasteiger partial charge in [-0.15, -0.1) is 0 Å². The second-order valence-electron chi connectivity index (χ2n) is 8.68. The van der Waals surface area contributed by atoms with Crippen molar-refractivity contribution in [3.05, 3.63) is 78.4 Å². The number of carbonyl (C=O) groups is 1. The Morgan fingerprint density at radius 1 is 1.12 bits per heavy atom. The molecule has 1 unspecified atom stereocenters. The molecule has 1 atom stereocenters. The van der Waals surface area contributed by atoms with Crippen LogP contribution in [0.3, 0.4) is 0 Å². The summed E-state index contributed by atoms with van der Waals surface area (Å²) in [5, 5.41) is 8.63. The maximum Gasteiger partial charge on any atom is 0.267 e. The zero-order valence-electron chi connectivity index (χ0n) is 20.8. The minimum Gasteiger partial charge on any atom is -0.355 e. The summed E-state index contributed by atoms with van der Waals surface area (Å²) in [6.45, 7) is 10.3. The average molecular weight is 459 g/mol. The molecule has 3 aromatic rings. The van der Waals surface area contributed by atoms with E-state index in [9.17, 15) is 4.79 Å². The smallest absolute Gasteiger partial charge is 0.267 e. The lowest BCUT2D eigenvalue weighted by Gasteiger charge is -2.19. The van der Waals surface area contributed by atoms with Gasteiger partial charge in [0.15, 0.2) is 0 Å². The Kier molecular flexibility index (Phi) is 9.51. The van der Waals surface area contributed by atoms with Crippen LogP contribution in [-0.4, -0.2) is 15.9 Å². The summed E-state index contributed by atoms with van der Waals surface area (Å²) >= 11 is 0. The topological polar surface area (TPSA) is 69.8 Å². The van der Waals surface area contributed by atoms with Gasteiger partial charge < -0.3 is 15.6 Å². The Labute approximate surface area is 203 Å². The van der Waals surface area contributed by atoms with Gasteiger partial charge >= 0.3 is 0 Å². The van der Waals surface area contributed by atoms with Crippen molar-refractivity contribution < 1.29 is 4.79 Å². The first-order valence-electron chi connectivity index (χ1n) is 12.5. The number of hydrogen-bond donors (Lipinski definition) is 3. The van der Waals surface area contributed by atoms with Crippen LogP contribution in [0.25, 0.3) is 21.8 Å². The molecule has 180 valence electrons. The molecule has 0 saturated carbocycles. The number of carbonyl (C=O) groups excluding carboxylic acids is 1. The lowest BCUT2D eigenvalue weighted by atomic mass is 10.1. The number of unbranched alkanes of at least 4 members (excludes halogenated alkanes) is 3. The molecule has 3 rings (SSSR count).